The molecule has 1 N–H and O–H groups in total. The molecule has 1 aromatic carbocycles. The predicted molar refractivity (Wildman–Crippen MR) is 105 cm³/mol. The summed E-state index contributed by atoms with van der Waals surface area (Å²) in [4.78, 5) is 9.48. The Balaban J connectivity index is 1.58. The normalized spacial score (nSPS) is 15.2. The molecule has 1 fully saturated rings. The number of methoxy groups -OCH3 is 1. The zero-order valence-corrected chi connectivity index (χ0v) is 15.6. The number of hydrogen-bond donors (Lipinski definition) is 1. The average molecular weight is 356 g/mol. The fourth-order valence-electron chi connectivity index (χ4n) is 3.20. The van der Waals surface area contributed by atoms with E-state index >= 15 is 0 Å². The van der Waals surface area contributed by atoms with Gasteiger partial charge in [-0.3, -0.25) is 4.99 Å². The van der Waals surface area contributed by atoms with Crippen molar-refractivity contribution >= 4 is 11.6 Å². The minimum Gasteiger partial charge on any atom is -0.495 e. The third kappa shape index (κ3) is 4.50. The average Bonchev–Trinajstić information content (AvgIpc) is 3.21. The van der Waals surface area contributed by atoms with E-state index in [1.165, 1.54) is 0 Å². The first-order valence-corrected chi connectivity index (χ1v) is 9.25. The van der Waals surface area contributed by atoms with Crippen molar-refractivity contribution in [3.05, 3.63) is 48.4 Å². The van der Waals surface area contributed by atoms with Gasteiger partial charge in [0.1, 0.15) is 11.5 Å². The monoisotopic (exact) mass is 356 g/mol. The molecule has 6 heteroatoms. The Labute approximate surface area is 155 Å². The lowest BCUT2D eigenvalue weighted by molar-refractivity contribution is 0.367. The fourth-order valence-corrected chi connectivity index (χ4v) is 3.20. The number of rotatable bonds is 6. The van der Waals surface area contributed by atoms with Gasteiger partial charge in [0.25, 0.3) is 0 Å². The number of piperazine rings is 1. The van der Waals surface area contributed by atoms with Gasteiger partial charge in [-0.15, -0.1) is 0 Å². The van der Waals surface area contributed by atoms with Gasteiger partial charge in [-0.1, -0.05) is 12.1 Å². The summed E-state index contributed by atoms with van der Waals surface area (Å²) in [6.45, 7) is 7.46. The molecule has 6 nitrogen and oxygen atoms in total. The van der Waals surface area contributed by atoms with Crippen molar-refractivity contribution in [2.75, 3.05) is 51.3 Å². The van der Waals surface area contributed by atoms with E-state index in [1.54, 1.807) is 13.4 Å². The maximum atomic E-state index is 5.50. The van der Waals surface area contributed by atoms with Crippen molar-refractivity contribution in [2.45, 2.75) is 13.3 Å². The van der Waals surface area contributed by atoms with E-state index in [9.17, 15) is 0 Å². The number of furan rings is 1. The summed E-state index contributed by atoms with van der Waals surface area (Å²) >= 11 is 0. The summed E-state index contributed by atoms with van der Waals surface area (Å²) in [6, 6.07) is 12.1. The van der Waals surface area contributed by atoms with Crippen LogP contribution in [-0.2, 0) is 6.42 Å². The molecule has 1 aliphatic rings. The van der Waals surface area contributed by atoms with Gasteiger partial charge < -0.3 is 24.3 Å². The largest absolute Gasteiger partial charge is 0.495 e. The first-order valence-electron chi connectivity index (χ1n) is 9.25. The topological polar surface area (TPSA) is 53.2 Å². The van der Waals surface area contributed by atoms with Gasteiger partial charge in [0.15, 0.2) is 5.96 Å². The van der Waals surface area contributed by atoms with Gasteiger partial charge in [-0.25, -0.2) is 0 Å². The first kappa shape index (κ1) is 18.2. The van der Waals surface area contributed by atoms with Crippen molar-refractivity contribution < 1.29 is 9.15 Å². The Hall–Kier alpha value is -2.63. The van der Waals surface area contributed by atoms with Gasteiger partial charge in [0.05, 0.1) is 19.1 Å². The highest BCUT2D eigenvalue weighted by Crippen LogP contribution is 2.28. The second-order valence-electron chi connectivity index (χ2n) is 6.21. The number of nitrogens with one attached hydrogen (secondary N) is 1. The van der Waals surface area contributed by atoms with Gasteiger partial charge in [0.2, 0.25) is 0 Å². The minimum atomic E-state index is 0.725. The summed E-state index contributed by atoms with van der Waals surface area (Å²) in [5, 5.41) is 3.41. The molecular formula is C20H28N4O2. The second-order valence-corrected chi connectivity index (χ2v) is 6.21. The molecule has 0 unspecified atom stereocenters. The number of aliphatic imine (C=N–C) groups is 1. The molecule has 0 spiro atoms. The number of nitrogens with zero attached hydrogens (tertiary/aromatic N) is 3. The van der Waals surface area contributed by atoms with Gasteiger partial charge >= 0.3 is 0 Å². The zero-order valence-electron chi connectivity index (χ0n) is 15.6. The number of hydrogen-bond acceptors (Lipinski definition) is 4. The minimum absolute atomic E-state index is 0.725. The molecule has 1 aliphatic heterocycles. The number of benzene rings is 1. The van der Waals surface area contributed by atoms with Crippen LogP contribution in [0.3, 0.4) is 0 Å². The van der Waals surface area contributed by atoms with E-state index in [1.807, 2.05) is 24.3 Å². The van der Waals surface area contributed by atoms with Crippen LogP contribution in [0.1, 0.15) is 12.7 Å². The summed E-state index contributed by atoms with van der Waals surface area (Å²) in [6.07, 6.45) is 2.53. The highest BCUT2D eigenvalue weighted by molar-refractivity contribution is 5.80. The number of anilines is 1. The molecule has 0 radical (unpaired) electrons. The molecule has 140 valence electrons. The molecule has 0 saturated carbocycles. The molecule has 2 aromatic rings. The van der Waals surface area contributed by atoms with Crippen LogP contribution < -0.4 is 15.0 Å². The van der Waals surface area contributed by atoms with Crippen LogP contribution in [0.4, 0.5) is 5.69 Å². The molecule has 0 bridgehead atoms. The Kier molecular flexibility index (Phi) is 6.41. The van der Waals surface area contributed by atoms with Crippen LogP contribution in [-0.4, -0.2) is 57.2 Å². The summed E-state index contributed by atoms with van der Waals surface area (Å²) in [5.41, 5.74) is 1.16. The van der Waals surface area contributed by atoms with Crippen LogP contribution in [0.25, 0.3) is 0 Å². The van der Waals surface area contributed by atoms with E-state index in [2.05, 4.69) is 34.2 Å². The lowest BCUT2D eigenvalue weighted by Crippen LogP contribution is -2.52. The van der Waals surface area contributed by atoms with Crippen molar-refractivity contribution in [2.24, 2.45) is 4.99 Å². The van der Waals surface area contributed by atoms with E-state index in [0.29, 0.717) is 0 Å². The summed E-state index contributed by atoms with van der Waals surface area (Å²) in [5.74, 6) is 2.89. The number of para-hydroxylation sites is 2. The van der Waals surface area contributed by atoms with Crippen LogP contribution >= 0.6 is 0 Å². The molecule has 1 aromatic heterocycles. The lowest BCUT2D eigenvalue weighted by Gasteiger charge is -2.38. The molecule has 0 amide bonds. The smallest absolute Gasteiger partial charge is 0.194 e. The standard InChI is InChI=1S/C20H28N4O2/c1-3-21-20(22-11-10-17-7-6-16-26-17)24-14-12-23(13-15-24)18-8-4-5-9-19(18)25-2/h4-9,16H,3,10-15H2,1-2H3,(H,21,22). The second kappa shape index (κ2) is 9.17. The number of guanidine groups is 1. The highest BCUT2D eigenvalue weighted by atomic mass is 16.5. The van der Waals surface area contributed by atoms with Crippen molar-refractivity contribution in [3.63, 3.8) is 0 Å². The third-order valence-corrected chi connectivity index (χ3v) is 4.54. The van der Waals surface area contributed by atoms with Crippen molar-refractivity contribution in [1.29, 1.82) is 0 Å². The van der Waals surface area contributed by atoms with Crippen LogP contribution in [0.15, 0.2) is 52.1 Å². The van der Waals surface area contributed by atoms with Crippen molar-refractivity contribution in [1.82, 2.24) is 10.2 Å². The number of ether oxygens (including phenoxy) is 1. The van der Waals surface area contributed by atoms with Gasteiger partial charge in [-0.05, 0) is 31.2 Å². The SMILES string of the molecule is CCNC(=NCCc1ccco1)N1CCN(c2ccccc2OC)CC1. The molecule has 26 heavy (non-hydrogen) atoms. The predicted octanol–water partition coefficient (Wildman–Crippen LogP) is 2.62. The quantitative estimate of drug-likeness (QED) is 0.637. The van der Waals surface area contributed by atoms with E-state index < -0.39 is 0 Å². The molecule has 3 rings (SSSR count). The maximum absolute atomic E-state index is 5.50. The summed E-state index contributed by atoms with van der Waals surface area (Å²) < 4.78 is 10.9. The molecule has 0 atom stereocenters. The van der Waals surface area contributed by atoms with Gasteiger partial charge in [0, 0.05) is 45.7 Å². The molecule has 2 heterocycles. The lowest BCUT2D eigenvalue weighted by atomic mass is 10.2. The Morgan fingerprint density at radius 1 is 1.15 bits per heavy atom. The molecular weight excluding hydrogens is 328 g/mol. The van der Waals surface area contributed by atoms with Gasteiger partial charge in [-0.2, -0.15) is 0 Å². The first-order chi connectivity index (χ1) is 12.8. The molecule has 1 saturated heterocycles. The molecule has 0 aliphatic carbocycles. The maximum Gasteiger partial charge on any atom is 0.194 e. The Morgan fingerprint density at radius 2 is 1.96 bits per heavy atom. The van der Waals surface area contributed by atoms with Crippen LogP contribution in [0, 0.1) is 0 Å². The Morgan fingerprint density at radius 3 is 2.65 bits per heavy atom. The van der Waals surface area contributed by atoms with Crippen LogP contribution in [0.2, 0.25) is 0 Å². The van der Waals surface area contributed by atoms with Crippen molar-refractivity contribution in [3.8, 4) is 5.75 Å². The van der Waals surface area contributed by atoms with Crippen LogP contribution in [0.5, 0.6) is 5.75 Å². The third-order valence-electron chi connectivity index (χ3n) is 4.54. The Bertz CT molecular complexity index is 692. The van der Waals surface area contributed by atoms with E-state index in [-0.39, 0.29) is 0 Å². The van der Waals surface area contributed by atoms with E-state index in [0.717, 1.165) is 68.8 Å². The highest BCUT2D eigenvalue weighted by Gasteiger charge is 2.21. The fraction of sp³-hybridized carbons (Fsp3) is 0.450. The summed E-state index contributed by atoms with van der Waals surface area (Å²) in [7, 11) is 1.73. The van der Waals surface area contributed by atoms with E-state index in [4.69, 9.17) is 14.1 Å². The zero-order chi connectivity index (χ0) is 18.2.